The maximum atomic E-state index is 12.7. The van der Waals surface area contributed by atoms with Crippen LogP contribution in [-0.4, -0.2) is 52.8 Å². The summed E-state index contributed by atoms with van der Waals surface area (Å²) >= 11 is 0. The van der Waals surface area contributed by atoms with E-state index in [2.05, 4.69) is 20.2 Å². The lowest BCUT2D eigenvalue weighted by Gasteiger charge is -2.33. The van der Waals surface area contributed by atoms with Crippen molar-refractivity contribution >= 4 is 23.6 Å². The first-order chi connectivity index (χ1) is 18.7. The average Bonchev–Trinajstić information content (AvgIpc) is 2.91. The largest absolute Gasteiger partial charge is 0.490 e. The van der Waals surface area contributed by atoms with Crippen LogP contribution in [0.3, 0.4) is 0 Å². The molecular formula is C30H36N4O5. The number of ether oxygens (including phenoxy) is 2. The summed E-state index contributed by atoms with van der Waals surface area (Å²) in [5, 5.41) is 12.2. The van der Waals surface area contributed by atoms with Crippen LogP contribution in [0.5, 0.6) is 11.5 Å². The lowest BCUT2D eigenvalue weighted by molar-refractivity contribution is -0.146. The van der Waals surface area contributed by atoms with E-state index in [0.717, 1.165) is 42.0 Å². The van der Waals surface area contributed by atoms with Crippen LogP contribution in [0.15, 0.2) is 60.8 Å². The van der Waals surface area contributed by atoms with Crippen molar-refractivity contribution in [2.24, 2.45) is 5.41 Å². The minimum Gasteiger partial charge on any atom is -0.490 e. The highest BCUT2D eigenvalue weighted by Crippen LogP contribution is 2.30. The highest BCUT2D eigenvalue weighted by atomic mass is 16.5. The molecular weight excluding hydrogens is 496 g/mol. The van der Waals surface area contributed by atoms with Gasteiger partial charge in [0.05, 0.1) is 25.0 Å². The molecule has 206 valence electrons. The normalized spacial score (nSPS) is 15.5. The molecule has 2 N–H and O–H groups in total. The van der Waals surface area contributed by atoms with E-state index < -0.39 is 11.4 Å². The molecule has 9 nitrogen and oxygen atoms in total. The Morgan fingerprint density at radius 2 is 1.79 bits per heavy atom. The molecule has 1 atom stereocenters. The number of hydrogen-bond acceptors (Lipinski definition) is 7. The number of carbonyl (C=O) groups is 2. The standard InChI is InChI=1S/C30H36N4O5/c1-4-38-24-9-5-6-10-25(24)39-23-8-7-17-34(20-23)29-31-16-15-26(33-29)32-27(35)18-21-11-13-22(14-12-21)19-30(2,3)28(36)37/h5-6,9-16,23H,4,7-8,17-20H2,1-3H3,(H,36,37)(H,31,32,33,35)/t23-/m1/s1. The molecule has 0 unspecified atom stereocenters. The summed E-state index contributed by atoms with van der Waals surface area (Å²) in [5.41, 5.74) is 0.900. The Morgan fingerprint density at radius 3 is 2.51 bits per heavy atom. The highest BCUT2D eigenvalue weighted by molar-refractivity contribution is 5.91. The number of rotatable bonds is 11. The smallest absolute Gasteiger partial charge is 0.309 e. The maximum Gasteiger partial charge on any atom is 0.309 e. The van der Waals surface area contributed by atoms with Gasteiger partial charge in [0, 0.05) is 12.7 Å². The van der Waals surface area contributed by atoms with E-state index in [4.69, 9.17) is 9.47 Å². The summed E-state index contributed by atoms with van der Waals surface area (Å²) < 4.78 is 12.0. The summed E-state index contributed by atoms with van der Waals surface area (Å²) in [5.74, 6) is 1.42. The number of piperidine rings is 1. The van der Waals surface area contributed by atoms with Crippen LogP contribution in [0.1, 0.15) is 44.7 Å². The van der Waals surface area contributed by atoms with Crippen molar-refractivity contribution in [3.05, 3.63) is 71.9 Å². The summed E-state index contributed by atoms with van der Waals surface area (Å²) in [6.45, 7) is 7.35. The maximum absolute atomic E-state index is 12.7. The van der Waals surface area contributed by atoms with Crippen LogP contribution < -0.4 is 19.7 Å². The van der Waals surface area contributed by atoms with Crippen molar-refractivity contribution in [2.75, 3.05) is 29.9 Å². The molecule has 9 heteroatoms. The molecule has 3 aromatic rings. The van der Waals surface area contributed by atoms with Gasteiger partial charge in [-0.1, -0.05) is 36.4 Å². The Morgan fingerprint density at radius 1 is 1.08 bits per heavy atom. The zero-order valence-electron chi connectivity index (χ0n) is 22.7. The number of nitrogens with zero attached hydrogens (tertiary/aromatic N) is 3. The summed E-state index contributed by atoms with van der Waals surface area (Å²) in [6.07, 6.45) is 4.05. The number of carboxylic acid groups (broad SMARTS) is 1. The van der Waals surface area contributed by atoms with Gasteiger partial charge in [0.2, 0.25) is 11.9 Å². The fourth-order valence-corrected chi connectivity index (χ4v) is 4.52. The second-order valence-electron chi connectivity index (χ2n) is 10.4. The molecule has 0 bridgehead atoms. The Kier molecular flexibility index (Phi) is 9.01. The summed E-state index contributed by atoms with van der Waals surface area (Å²) in [4.78, 5) is 35.2. The van der Waals surface area contributed by atoms with E-state index in [1.54, 1.807) is 26.1 Å². The number of benzene rings is 2. The highest BCUT2D eigenvalue weighted by Gasteiger charge is 2.27. The first-order valence-electron chi connectivity index (χ1n) is 13.3. The molecule has 39 heavy (non-hydrogen) atoms. The van der Waals surface area contributed by atoms with E-state index >= 15 is 0 Å². The van der Waals surface area contributed by atoms with Gasteiger partial charge in [0.25, 0.3) is 0 Å². The van der Waals surface area contributed by atoms with Gasteiger partial charge < -0.3 is 24.8 Å². The summed E-state index contributed by atoms with van der Waals surface area (Å²) in [6, 6.07) is 16.8. The van der Waals surface area contributed by atoms with Gasteiger partial charge in [-0.05, 0) is 69.4 Å². The number of carboxylic acids is 1. The molecule has 1 aromatic heterocycles. The first-order valence-corrected chi connectivity index (χ1v) is 13.3. The summed E-state index contributed by atoms with van der Waals surface area (Å²) in [7, 11) is 0. The van der Waals surface area contributed by atoms with Gasteiger partial charge in [-0.3, -0.25) is 9.59 Å². The minimum absolute atomic E-state index is 0.0359. The van der Waals surface area contributed by atoms with Gasteiger partial charge in [0.1, 0.15) is 11.9 Å². The number of amides is 1. The molecule has 2 aromatic carbocycles. The monoisotopic (exact) mass is 532 g/mol. The first kappa shape index (κ1) is 27.9. The Balaban J connectivity index is 1.34. The molecule has 0 radical (unpaired) electrons. The molecule has 1 aliphatic heterocycles. The third-order valence-electron chi connectivity index (χ3n) is 6.63. The number of nitrogens with one attached hydrogen (secondary N) is 1. The van der Waals surface area contributed by atoms with Crippen LogP contribution in [0.2, 0.25) is 0 Å². The van der Waals surface area contributed by atoms with Crippen molar-refractivity contribution < 1.29 is 24.2 Å². The molecule has 1 amide bonds. The Labute approximate surface area is 229 Å². The van der Waals surface area contributed by atoms with Gasteiger partial charge in [-0.15, -0.1) is 0 Å². The lowest BCUT2D eigenvalue weighted by Crippen LogP contribution is -2.42. The zero-order valence-corrected chi connectivity index (χ0v) is 22.7. The molecule has 2 heterocycles. The topological polar surface area (TPSA) is 114 Å². The quantitative estimate of drug-likeness (QED) is 0.363. The van der Waals surface area contributed by atoms with Crippen LogP contribution in [0, 0.1) is 5.41 Å². The lowest BCUT2D eigenvalue weighted by atomic mass is 9.86. The van der Waals surface area contributed by atoms with E-state index in [1.165, 1.54) is 0 Å². The predicted molar refractivity (Wildman–Crippen MR) is 149 cm³/mol. The molecule has 1 fully saturated rings. The average molecular weight is 533 g/mol. The number of anilines is 2. The molecule has 0 spiro atoms. The van der Waals surface area contributed by atoms with Gasteiger partial charge in [-0.2, -0.15) is 4.98 Å². The second-order valence-corrected chi connectivity index (χ2v) is 10.4. The van der Waals surface area contributed by atoms with Gasteiger partial charge in [-0.25, -0.2) is 4.98 Å². The van der Waals surface area contributed by atoms with E-state index in [1.807, 2.05) is 55.5 Å². The Hall–Kier alpha value is -4.14. The molecule has 0 aliphatic carbocycles. The minimum atomic E-state index is -0.849. The number of aliphatic carboxylic acids is 1. The Bertz CT molecular complexity index is 1280. The number of aromatic nitrogens is 2. The van der Waals surface area contributed by atoms with Gasteiger partial charge in [0.15, 0.2) is 11.5 Å². The molecule has 1 saturated heterocycles. The van der Waals surface area contributed by atoms with Crippen LogP contribution in [0.25, 0.3) is 0 Å². The van der Waals surface area contributed by atoms with Crippen LogP contribution in [0.4, 0.5) is 11.8 Å². The zero-order chi connectivity index (χ0) is 27.8. The fourth-order valence-electron chi connectivity index (χ4n) is 4.52. The third-order valence-corrected chi connectivity index (χ3v) is 6.63. The number of para-hydroxylation sites is 2. The number of hydrogen-bond donors (Lipinski definition) is 2. The third kappa shape index (κ3) is 7.69. The van der Waals surface area contributed by atoms with Gasteiger partial charge >= 0.3 is 5.97 Å². The van der Waals surface area contributed by atoms with Crippen molar-refractivity contribution in [1.82, 2.24) is 9.97 Å². The number of carbonyl (C=O) groups excluding carboxylic acids is 1. The SMILES string of the molecule is CCOc1ccccc1O[C@@H]1CCCN(c2nccc(NC(=O)Cc3ccc(CC(C)(C)C(=O)O)cc3)n2)C1. The van der Waals surface area contributed by atoms with Crippen molar-refractivity contribution in [3.8, 4) is 11.5 Å². The fraction of sp³-hybridized carbons (Fsp3) is 0.400. The molecule has 4 rings (SSSR count). The van der Waals surface area contributed by atoms with E-state index in [9.17, 15) is 14.7 Å². The molecule has 1 aliphatic rings. The van der Waals surface area contributed by atoms with Crippen LogP contribution >= 0.6 is 0 Å². The second kappa shape index (κ2) is 12.6. The van der Waals surface area contributed by atoms with Crippen LogP contribution in [-0.2, 0) is 22.4 Å². The molecule has 0 saturated carbocycles. The predicted octanol–water partition coefficient (Wildman–Crippen LogP) is 4.76. The van der Waals surface area contributed by atoms with E-state index in [0.29, 0.717) is 31.3 Å². The van der Waals surface area contributed by atoms with Crippen molar-refractivity contribution in [3.63, 3.8) is 0 Å². The van der Waals surface area contributed by atoms with Crippen molar-refractivity contribution in [1.29, 1.82) is 0 Å². The van der Waals surface area contributed by atoms with E-state index in [-0.39, 0.29) is 18.4 Å². The van der Waals surface area contributed by atoms with Crippen molar-refractivity contribution in [2.45, 2.75) is 52.6 Å².